The zero-order chi connectivity index (χ0) is 10.8. The summed E-state index contributed by atoms with van der Waals surface area (Å²) in [6.07, 6.45) is 5.38. The van der Waals surface area contributed by atoms with E-state index in [0.717, 1.165) is 18.5 Å². The van der Waals surface area contributed by atoms with Gasteiger partial charge in [-0.3, -0.25) is 4.79 Å². The molecule has 1 unspecified atom stereocenters. The maximum absolute atomic E-state index is 11.4. The first kappa shape index (κ1) is 13.0. The van der Waals surface area contributed by atoms with Crippen LogP contribution in [0.15, 0.2) is 12.5 Å². The first-order chi connectivity index (χ1) is 7.22. The maximum Gasteiger partial charge on any atom is 0.309 e. The van der Waals surface area contributed by atoms with Gasteiger partial charge in [0, 0.05) is 24.9 Å². The Labute approximate surface area is 101 Å². The molecular weight excluding hydrogens is 228 g/mol. The number of hydrogen-bond acceptors (Lipinski definition) is 3. The average molecular weight is 245 g/mol. The van der Waals surface area contributed by atoms with Gasteiger partial charge in [-0.05, 0) is 12.8 Å². The number of rotatable bonds is 3. The number of aromatic nitrogens is 2. The largest absolute Gasteiger partial charge is 0.465 e. The molecule has 0 saturated carbocycles. The van der Waals surface area contributed by atoms with Crippen LogP contribution in [0.4, 0.5) is 0 Å². The Morgan fingerprint density at radius 3 is 2.94 bits per heavy atom. The number of imidazole rings is 1. The molecule has 1 aliphatic rings. The summed E-state index contributed by atoms with van der Waals surface area (Å²) < 4.78 is 7.08. The van der Waals surface area contributed by atoms with E-state index < -0.39 is 0 Å². The van der Waals surface area contributed by atoms with E-state index in [9.17, 15) is 4.79 Å². The molecule has 1 saturated heterocycles. The number of esters is 1. The second kappa shape index (κ2) is 5.34. The molecule has 5 heteroatoms. The van der Waals surface area contributed by atoms with E-state index in [4.69, 9.17) is 4.74 Å². The molecule has 0 aliphatic carbocycles. The minimum absolute atomic E-state index is 0. The SMILES string of the molecule is CC[C@@H]1C(=O)OCC1Cc1cncn1C.Cl. The number of halogens is 1. The molecule has 4 nitrogen and oxygen atoms in total. The lowest BCUT2D eigenvalue weighted by molar-refractivity contribution is -0.141. The van der Waals surface area contributed by atoms with Gasteiger partial charge in [0.05, 0.1) is 18.9 Å². The Hall–Kier alpha value is -1.03. The van der Waals surface area contributed by atoms with Crippen molar-refractivity contribution in [3.05, 3.63) is 18.2 Å². The van der Waals surface area contributed by atoms with Crippen molar-refractivity contribution in [2.45, 2.75) is 19.8 Å². The second-order valence-electron chi connectivity index (χ2n) is 4.10. The van der Waals surface area contributed by atoms with E-state index >= 15 is 0 Å². The summed E-state index contributed by atoms with van der Waals surface area (Å²) in [7, 11) is 1.97. The Bertz CT molecular complexity index is 365. The summed E-state index contributed by atoms with van der Waals surface area (Å²) in [6.45, 7) is 2.59. The van der Waals surface area contributed by atoms with E-state index in [2.05, 4.69) is 4.98 Å². The molecule has 0 radical (unpaired) electrons. The maximum atomic E-state index is 11.4. The minimum Gasteiger partial charge on any atom is -0.465 e. The van der Waals surface area contributed by atoms with Crippen LogP contribution in [0.1, 0.15) is 19.0 Å². The smallest absolute Gasteiger partial charge is 0.309 e. The number of carbonyl (C=O) groups is 1. The van der Waals surface area contributed by atoms with Crippen LogP contribution in [0.2, 0.25) is 0 Å². The summed E-state index contributed by atoms with van der Waals surface area (Å²) in [6, 6.07) is 0. The predicted octanol–water partition coefficient (Wildman–Crippen LogP) is 1.58. The lowest BCUT2D eigenvalue weighted by Gasteiger charge is -2.12. The summed E-state index contributed by atoms with van der Waals surface area (Å²) in [4.78, 5) is 15.5. The Morgan fingerprint density at radius 1 is 1.62 bits per heavy atom. The molecule has 0 spiro atoms. The molecule has 0 amide bonds. The van der Waals surface area contributed by atoms with E-state index in [1.807, 2.05) is 24.7 Å². The fraction of sp³-hybridized carbons (Fsp3) is 0.636. The molecule has 0 bridgehead atoms. The van der Waals surface area contributed by atoms with Crippen molar-refractivity contribution in [1.29, 1.82) is 0 Å². The molecule has 1 fully saturated rings. The third-order valence-electron chi connectivity index (χ3n) is 3.14. The van der Waals surface area contributed by atoms with Crippen LogP contribution in [0.3, 0.4) is 0 Å². The van der Waals surface area contributed by atoms with Gasteiger partial charge in [0.1, 0.15) is 0 Å². The highest BCUT2D eigenvalue weighted by molar-refractivity contribution is 5.85. The van der Waals surface area contributed by atoms with E-state index in [1.54, 1.807) is 6.33 Å². The number of ether oxygens (including phenoxy) is 1. The van der Waals surface area contributed by atoms with Gasteiger partial charge in [0.15, 0.2) is 0 Å². The van der Waals surface area contributed by atoms with Gasteiger partial charge in [-0.1, -0.05) is 6.92 Å². The van der Waals surface area contributed by atoms with Gasteiger partial charge in [-0.2, -0.15) is 0 Å². The third kappa shape index (κ3) is 2.38. The summed E-state index contributed by atoms with van der Waals surface area (Å²) in [5, 5.41) is 0. The Balaban J connectivity index is 0.00000128. The van der Waals surface area contributed by atoms with E-state index in [-0.39, 0.29) is 24.3 Å². The number of hydrogen-bond donors (Lipinski definition) is 0. The topological polar surface area (TPSA) is 44.1 Å². The lowest BCUT2D eigenvalue weighted by Crippen LogP contribution is -2.18. The van der Waals surface area contributed by atoms with Gasteiger partial charge in [-0.15, -0.1) is 12.4 Å². The third-order valence-corrected chi connectivity index (χ3v) is 3.14. The van der Waals surface area contributed by atoms with Crippen molar-refractivity contribution >= 4 is 18.4 Å². The molecule has 1 aliphatic heterocycles. The Morgan fingerprint density at radius 2 is 2.38 bits per heavy atom. The first-order valence-corrected chi connectivity index (χ1v) is 5.34. The zero-order valence-corrected chi connectivity index (χ0v) is 10.4. The molecule has 90 valence electrons. The van der Waals surface area contributed by atoms with Crippen LogP contribution in [0.5, 0.6) is 0 Å². The van der Waals surface area contributed by atoms with Gasteiger partial charge in [0.25, 0.3) is 0 Å². The van der Waals surface area contributed by atoms with Crippen molar-refractivity contribution in [2.75, 3.05) is 6.61 Å². The van der Waals surface area contributed by atoms with Crippen LogP contribution in [0.25, 0.3) is 0 Å². The Kier molecular flexibility index (Phi) is 4.35. The van der Waals surface area contributed by atoms with Crippen LogP contribution in [-0.2, 0) is 23.0 Å². The minimum atomic E-state index is -0.0373. The standard InChI is InChI=1S/C11H16N2O2.ClH/c1-3-10-8(6-15-11(10)14)4-9-5-12-7-13(9)2;/h5,7-8,10H,3-4,6H2,1-2H3;1H/t8?,10-;/m0./s1. The quantitative estimate of drug-likeness (QED) is 0.759. The summed E-state index contributed by atoms with van der Waals surface area (Å²) in [5.74, 6) is 0.350. The highest BCUT2D eigenvalue weighted by atomic mass is 35.5. The number of carbonyl (C=O) groups excluding carboxylic acids is 1. The highest BCUT2D eigenvalue weighted by Crippen LogP contribution is 2.27. The lowest BCUT2D eigenvalue weighted by atomic mass is 9.89. The molecule has 2 heterocycles. The van der Waals surface area contributed by atoms with Crippen LogP contribution in [-0.4, -0.2) is 22.1 Å². The fourth-order valence-corrected chi connectivity index (χ4v) is 2.16. The van der Waals surface area contributed by atoms with Gasteiger partial charge >= 0.3 is 5.97 Å². The molecule has 0 aromatic carbocycles. The molecule has 1 aromatic heterocycles. The van der Waals surface area contributed by atoms with Crippen molar-refractivity contribution in [3.8, 4) is 0 Å². The molecular formula is C11H17ClN2O2. The normalized spacial score (nSPS) is 24.0. The summed E-state index contributed by atoms with van der Waals surface area (Å²) >= 11 is 0. The van der Waals surface area contributed by atoms with Gasteiger partial charge in [0.2, 0.25) is 0 Å². The fourth-order valence-electron chi connectivity index (χ4n) is 2.16. The van der Waals surface area contributed by atoms with Gasteiger partial charge < -0.3 is 9.30 Å². The monoisotopic (exact) mass is 244 g/mol. The van der Waals surface area contributed by atoms with Crippen molar-refractivity contribution in [2.24, 2.45) is 18.9 Å². The molecule has 16 heavy (non-hydrogen) atoms. The predicted molar refractivity (Wildman–Crippen MR) is 62.4 cm³/mol. The number of nitrogens with zero attached hydrogens (tertiary/aromatic N) is 2. The number of aryl methyl sites for hydroxylation is 1. The van der Waals surface area contributed by atoms with Crippen molar-refractivity contribution < 1.29 is 9.53 Å². The number of cyclic esters (lactones) is 1. The summed E-state index contributed by atoms with van der Waals surface area (Å²) in [5.41, 5.74) is 1.16. The first-order valence-electron chi connectivity index (χ1n) is 5.34. The average Bonchev–Trinajstić information content (AvgIpc) is 2.76. The van der Waals surface area contributed by atoms with Crippen LogP contribution >= 0.6 is 12.4 Å². The highest BCUT2D eigenvalue weighted by Gasteiger charge is 2.35. The molecule has 0 N–H and O–H groups in total. The van der Waals surface area contributed by atoms with E-state index in [0.29, 0.717) is 12.5 Å². The molecule has 1 aromatic rings. The van der Waals surface area contributed by atoms with Crippen molar-refractivity contribution in [1.82, 2.24) is 9.55 Å². The molecule has 2 atom stereocenters. The van der Waals surface area contributed by atoms with E-state index in [1.165, 1.54) is 0 Å². The molecule has 2 rings (SSSR count). The van der Waals surface area contributed by atoms with Crippen LogP contribution < -0.4 is 0 Å². The van der Waals surface area contributed by atoms with Gasteiger partial charge in [-0.25, -0.2) is 4.98 Å². The van der Waals surface area contributed by atoms with Crippen LogP contribution in [0, 0.1) is 11.8 Å². The van der Waals surface area contributed by atoms with Crippen molar-refractivity contribution in [3.63, 3.8) is 0 Å². The second-order valence-corrected chi connectivity index (χ2v) is 4.10. The zero-order valence-electron chi connectivity index (χ0n) is 9.55.